The number of fused-ring (bicyclic) bond motifs is 1. The smallest absolute Gasteiger partial charge is 0.330 e. The Morgan fingerprint density at radius 1 is 1.30 bits per heavy atom. The van der Waals surface area contributed by atoms with Gasteiger partial charge in [-0.2, -0.15) is 4.39 Å². The van der Waals surface area contributed by atoms with Crippen molar-refractivity contribution in [1.82, 2.24) is 20.2 Å². The van der Waals surface area contributed by atoms with Crippen molar-refractivity contribution in [2.75, 3.05) is 13.2 Å². The maximum Gasteiger partial charge on any atom is 0.330 e. The van der Waals surface area contributed by atoms with Gasteiger partial charge in [-0.3, -0.25) is 14.3 Å². The van der Waals surface area contributed by atoms with Crippen molar-refractivity contribution in [2.45, 2.75) is 76.9 Å². The Morgan fingerprint density at radius 2 is 2.00 bits per heavy atom. The molecule has 13 heteroatoms. The molecule has 2 aliphatic rings. The Balaban J connectivity index is 1.65. The molecule has 2 aliphatic heterocycles. The standard InChI is InChI=1S/C20H29FN4O8/c1-5-6-7-22-18(28)23-10(2)17(27)30-9-12-13-14(33-20(3,4)32-13)16(31-12)25-8-11(21)15(26)24-19(25)29/h8,10,12-14,16H,5-7,9H2,1-4H3,(H2,22,23,28)(H,24,26,29)/t10-,12+,13+,14+,16+/m0/s1. The van der Waals surface area contributed by atoms with Gasteiger partial charge in [0.25, 0.3) is 5.56 Å². The van der Waals surface area contributed by atoms with E-state index in [9.17, 15) is 23.6 Å². The van der Waals surface area contributed by atoms with Crippen LogP contribution in [0.5, 0.6) is 0 Å². The van der Waals surface area contributed by atoms with Crippen LogP contribution in [0.4, 0.5) is 9.18 Å². The van der Waals surface area contributed by atoms with Gasteiger partial charge in [0.15, 0.2) is 12.0 Å². The Bertz CT molecular complexity index is 993. The lowest BCUT2D eigenvalue weighted by molar-refractivity contribution is -0.203. The van der Waals surface area contributed by atoms with Crippen molar-refractivity contribution in [3.8, 4) is 0 Å². The quantitative estimate of drug-likeness (QED) is 0.357. The van der Waals surface area contributed by atoms with Gasteiger partial charge in [-0.05, 0) is 27.2 Å². The Hall–Kier alpha value is -2.77. The average molecular weight is 472 g/mol. The van der Waals surface area contributed by atoms with Crippen LogP contribution < -0.4 is 21.9 Å². The van der Waals surface area contributed by atoms with Crippen LogP contribution in [0.25, 0.3) is 0 Å². The fraction of sp³-hybridized carbons (Fsp3) is 0.700. The van der Waals surface area contributed by atoms with Gasteiger partial charge in [-0.15, -0.1) is 0 Å². The lowest BCUT2D eigenvalue weighted by Gasteiger charge is -2.25. The van der Waals surface area contributed by atoms with Crippen LogP contribution in [0, 0.1) is 5.82 Å². The summed E-state index contributed by atoms with van der Waals surface area (Å²) in [5.74, 6) is -2.90. The molecule has 0 saturated carbocycles. The van der Waals surface area contributed by atoms with Crippen LogP contribution in [0.2, 0.25) is 0 Å². The third-order valence-corrected chi connectivity index (χ3v) is 5.23. The second kappa shape index (κ2) is 10.0. The molecule has 184 valence electrons. The number of unbranched alkanes of at least 4 members (excludes halogenated alkanes) is 1. The van der Waals surface area contributed by atoms with Gasteiger partial charge in [0, 0.05) is 6.54 Å². The summed E-state index contributed by atoms with van der Waals surface area (Å²) >= 11 is 0. The minimum atomic E-state index is -1.17. The third-order valence-electron chi connectivity index (χ3n) is 5.23. The van der Waals surface area contributed by atoms with E-state index >= 15 is 0 Å². The molecule has 0 bridgehead atoms. The molecule has 1 aromatic rings. The Kier molecular flexibility index (Phi) is 7.55. The topological polar surface area (TPSA) is 150 Å². The number of ether oxygens (including phenoxy) is 4. The van der Waals surface area contributed by atoms with E-state index in [0.717, 1.165) is 23.6 Å². The number of nitrogens with one attached hydrogen (secondary N) is 3. The number of esters is 1. The molecule has 2 fully saturated rings. The van der Waals surface area contributed by atoms with E-state index in [0.29, 0.717) is 6.54 Å². The third kappa shape index (κ3) is 5.78. The lowest BCUT2D eigenvalue weighted by Crippen LogP contribution is -2.46. The second-order valence-electron chi connectivity index (χ2n) is 8.38. The van der Waals surface area contributed by atoms with Gasteiger partial charge in [0.05, 0.1) is 6.20 Å². The molecule has 1 aromatic heterocycles. The number of aromatic amines is 1. The largest absolute Gasteiger partial charge is 0.461 e. The van der Waals surface area contributed by atoms with Crippen LogP contribution in [0.3, 0.4) is 0 Å². The summed E-state index contributed by atoms with van der Waals surface area (Å²) in [5.41, 5.74) is -2.04. The van der Waals surface area contributed by atoms with Crippen molar-refractivity contribution in [1.29, 1.82) is 0 Å². The van der Waals surface area contributed by atoms with E-state index in [1.165, 1.54) is 6.92 Å². The van der Waals surface area contributed by atoms with Crippen LogP contribution in [0.1, 0.15) is 46.8 Å². The van der Waals surface area contributed by atoms with E-state index in [2.05, 4.69) is 10.6 Å². The highest BCUT2D eigenvalue weighted by Crippen LogP contribution is 2.42. The molecule has 0 unspecified atom stereocenters. The predicted molar refractivity (Wildman–Crippen MR) is 111 cm³/mol. The normalized spacial score (nSPS) is 26.5. The number of nitrogens with zero attached hydrogens (tertiary/aromatic N) is 1. The molecule has 3 rings (SSSR count). The number of H-pyrrole nitrogens is 1. The zero-order valence-corrected chi connectivity index (χ0v) is 18.9. The number of aromatic nitrogens is 2. The molecule has 12 nitrogen and oxygen atoms in total. The van der Waals surface area contributed by atoms with E-state index in [4.69, 9.17) is 18.9 Å². The molecule has 3 N–H and O–H groups in total. The van der Waals surface area contributed by atoms with Crippen molar-refractivity contribution in [3.05, 3.63) is 32.9 Å². The highest BCUT2D eigenvalue weighted by molar-refractivity contribution is 5.83. The maximum absolute atomic E-state index is 13.8. The monoisotopic (exact) mass is 472 g/mol. The maximum atomic E-state index is 13.8. The van der Waals surface area contributed by atoms with Crippen LogP contribution in [0.15, 0.2) is 15.8 Å². The van der Waals surface area contributed by atoms with Gasteiger partial charge >= 0.3 is 17.7 Å². The Labute approximate surface area is 188 Å². The van der Waals surface area contributed by atoms with Crippen LogP contribution in [-0.2, 0) is 23.7 Å². The zero-order chi connectivity index (χ0) is 24.3. The molecular formula is C20H29FN4O8. The first kappa shape index (κ1) is 24.9. The number of carbonyl (C=O) groups excluding carboxylic acids is 2. The highest BCUT2D eigenvalue weighted by Gasteiger charge is 2.56. The number of halogens is 1. The van der Waals surface area contributed by atoms with E-state index in [-0.39, 0.29) is 6.61 Å². The summed E-state index contributed by atoms with van der Waals surface area (Å²) in [6.07, 6.45) is -1.07. The molecule has 2 amide bonds. The minimum Gasteiger partial charge on any atom is -0.461 e. The van der Waals surface area contributed by atoms with Gasteiger partial charge in [0.2, 0.25) is 5.82 Å². The van der Waals surface area contributed by atoms with E-state index in [1.54, 1.807) is 13.8 Å². The summed E-state index contributed by atoms with van der Waals surface area (Å²) in [6.45, 7) is 7.01. The number of rotatable bonds is 8. The lowest BCUT2D eigenvalue weighted by atomic mass is 10.1. The fourth-order valence-electron chi connectivity index (χ4n) is 3.64. The summed E-state index contributed by atoms with van der Waals surface area (Å²) < 4.78 is 37.4. The number of hydrogen-bond acceptors (Lipinski definition) is 8. The minimum absolute atomic E-state index is 0.264. The molecule has 0 spiro atoms. The summed E-state index contributed by atoms with van der Waals surface area (Å²) in [4.78, 5) is 49.6. The Morgan fingerprint density at radius 3 is 2.70 bits per heavy atom. The molecular weight excluding hydrogens is 443 g/mol. The van der Waals surface area contributed by atoms with E-state index < -0.39 is 65.4 Å². The number of amides is 2. The molecule has 5 atom stereocenters. The molecule has 2 saturated heterocycles. The zero-order valence-electron chi connectivity index (χ0n) is 18.9. The molecule has 0 radical (unpaired) electrons. The molecule has 3 heterocycles. The number of carbonyl (C=O) groups is 2. The van der Waals surface area contributed by atoms with Crippen LogP contribution >= 0.6 is 0 Å². The van der Waals surface area contributed by atoms with Gasteiger partial charge < -0.3 is 29.6 Å². The first-order valence-electron chi connectivity index (χ1n) is 10.8. The molecule has 0 aliphatic carbocycles. The van der Waals surface area contributed by atoms with Gasteiger partial charge in [-0.25, -0.2) is 14.4 Å². The van der Waals surface area contributed by atoms with Crippen molar-refractivity contribution in [2.24, 2.45) is 0 Å². The SMILES string of the molecule is CCCCNC(=O)N[C@@H](C)C(=O)OC[C@H]1O[C@@H](n2cc(F)c(=O)[nH]c2=O)[C@@H]2OC(C)(C)O[C@@H]21. The average Bonchev–Trinajstić information content (AvgIpc) is 3.22. The first-order valence-corrected chi connectivity index (χ1v) is 10.8. The fourth-order valence-corrected chi connectivity index (χ4v) is 3.64. The van der Waals surface area contributed by atoms with Crippen molar-refractivity contribution >= 4 is 12.0 Å². The summed E-state index contributed by atoms with van der Waals surface area (Å²) in [6, 6.07) is -1.41. The van der Waals surface area contributed by atoms with Crippen molar-refractivity contribution < 1.29 is 32.9 Å². The summed E-state index contributed by atoms with van der Waals surface area (Å²) in [7, 11) is 0. The molecule has 0 aromatic carbocycles. The second-order valence-corrected chi connectivity index (χ2v) is 8.38. The van der Waals surface area contributed by atoms with Gasteiger partial charge in [0.1, 0.15) is 31.0 Å². The first-order chi connectivity index (χ1) is 15.5. The van der Waals surface area contributed by atoms with Crippen molar-refractivity contribution in [3.63, 3.8) is 0 Å². The van der Waals surface area contributed by atoms with Gasteiger partial charge in [-0.1, -0.05) is 13.3 Å². The molecule has 33 heavy (non-hydrogen) atoms. The number of urea groups is 1. The number of hydrogen-bond donors (Lipinski definition) is 3. The van der Waals surface area contributed by atoms with E-state index in [1.807, 2.05) is 11.9 Å². The van der Waals surface area contributed by atoms with Crippen LogP contribution in [-0.4, -0.2) is 64.8 Å². The highest BCUT2D eigenvalue weighted by atomic mass is 19.1. The predicted octanol–water partition coefficient (Wildman–Crippen LogP) is 0.124. The summed E-state index contributed by atoms with van der Waals surface area (Å²) in [5, 5.41) is 5.12.